The maximum absolute atomic E-state index is 12.6. The van der Waals surface area contributed by atoms with E-state index in [4.69, 9.17) is 4.42 Å². The van der Waals surface area contributed by atoms with Crippen molar-refractivity contribution >= 4 is 23.0 Å². The van der Waals surface area contributed by atoms with Gasteiger partial charge in [0.15, 0.2) is 0 Å². The fraction of sp³-hybridized carbons (Fsp3) is 0.304. The minimum absolute atomic E-state index is 0.182. The Hall–Kier alpha value is -3.28. The normalized spacial score (nSPS) is 14.6. The zero-order valence-electron chi connectivity index (χ0n) is 16.6. The predicted octanol–water partition coefficient (Wildman–Crippen LogP) is 4.78. The summed E-state index contributed by atoms with van der Waals surface area (Å²) in [7, 11) is 0. The van der Waals surface area contributed by atoms with Gasteiger partial charge in [0.05, 0.1) is 24.1 Å². The number of nitrogens with zero attached hydrogens (tertiary/aromatic N) is 2. The van der Waals surface area contributed by atoms with Crippen LogP contribution in [0.2, 0.25) is 0 Å². The smallest absolute Gasteiger partial charge is 0.257 e. The Morgan fingerprint density at radius 1 is 1.14 bits per heavy atom. The number of aromatic nitrogens is 1. The van der Waals surface area contributed by atoms with Gasteiger partial charge in [0, 0.05) is 36.9 Å². The summed E-state index contributed by atoms with van der Waals surface area (Å²) in [6, 6.07) is 13.6. The Morgan fingerprint density at radius 2 is 1.93 bits per heavy atom. The van der Waals surface area contributed by atoms with Crippen molar-refractivity contribution in [2.45, 2.75) is 26.3 Å². The van der Waals surface area contributed by atoms with Gasteiger partial charge in [-0.2, -0.15) is 0 Å². The van der Waals surface area contributed by atoms with Gasteiger partial charge in [0.2, 0.25) is 0 Å². The van der Waals surface area contributed by atoms with Gasteiger partial charge in [0.25, 0.3) is 5.91 Å². The summed E-state index contributed by atoms with van der Waals surface area (Å²) in [5, 5.41) is 6.16. The van der Waals surface area contributed by atoms with Crippen molar-refractivity contribution in [3.8, 4) is 0 Å². The first-order chi connectivity index (χ1) is 14.2. The zero-order valence-corrected chi connectivity index (χ0v) is 16.6. The molecule has 6 heteroatoms. The van der Waals surface area contributed by atoms with Crippen molar-refractivity contribution in [3.05, 3.63) is 72.4 Å². The van der Waals surface area contributed by atoms with Gasteiger partial charge >= 0.3 is 0 Å². The summed E-state index contributed by atoms with van der Waals surface area (Å²) in [5.41, 5.74) is 3.26. The Balaban J connectivity index is 1.35. The molecule has 1 aliphatic heterocycles. The van der Waals surface area contributed by atoms with E-state index in [2.05, 4.69) is 39.6 Å². The van der Waals surface area contributed by atoms with Gasteiger partial charge < -0.3 is 20.0 Å². The van der Waals surface area contributed by atoms with Crippen LogP contribution in [0.4, 0.5) is 17.1 Å². The first-order valence-electron chi connectivity index (χ1n) is 10.0. The number of nitrogens with one attached hydrogen (secondary N) is 2. The fourth-order valence-electron chi connectivity index (χ4n) is 3.49. The number of carbonyl (C=O) groups excluding carboxylic acids is 1. The summed E-state index contributed by atoms with van der Waals surface area (Å²) >= 11 is 0. The second kappa shape index (κ2) is 8.82. The molecular formula is C23H26N4O2. The molecule has 0 atom stereocenters. The van der Waals surface area contributed by atoms with Crippen LogP contribution in [0.25, 0.3) is 0 Å². The predicted molar refractivity (Wildman–Crippen MR) is 115 cm³/mol. The van der Waals surface area contributed by atoms with E-state index in [0.717, 1.165) is 36.1 Å². The highest BCUT2D eigenvalue weighted by Crippen LogP contribution is 2.24. The lowest BCUT2D eigenvalue weighted by Gasteiger charge is -2.32. The largest absolute Gasteiger partial charge is 0.467 e. The molecule has 3 heterocycles. The van der Waals surface area contributed by atoms with Crippen molar-refractivity contribution in [1.29, 1.82) is 0 Å². The molecule has 1 aromatic carbocycles. The van der Waals surface area contributed by atoms with Gasteiger partial charge in [0.1, 0.15) is 5.76 Å². The maximum atomic E-state index is 12.6. The molecule has 29 heavy (non-hydrogen) atoms. The summed E-state index contributed by atoms with van der Waals surface area (Å²) in [6.07, 6.45) is 7.35. The molecule has 150 valence electrons. The molecule has 0 bridgehead atoms. The minimum Gasteiger partial charge on any atom is -0.467 e. The van der Waals surface area contributed by atoms with Crippen LogP contribution in [0.3, 0.4) is 0 Å². The molecule has 2 N–H and O–H groups in total. The van der Waals surface area contributed by atoms with E-state index in [1.807, 2.05) is 24.3 Å². The number of anilines is 3. The molecule has 1 amide bonds. The van der Waals surface area contributed by atoms with E-state index in [0.29, 0.717) is 12.1 Å². The molecule has 2 aromatic heterocycles. The Bertz CT molecular complexity index is 930. The quantitative estimate of drug-likeness (QED) is 0.634. The van der Waals surface area contributed by atoms with E-state index in [1.54, 1.807) is 24.7 Å². The van der Waals surface area contributed by atoms with Gasteiger partial charge in [-0.25, -0.2) is 0 Å². The van der Waals surface area contributed by atoms with Crippen LogP contribution in [0.1, 0.15) is 35.9 Å². The molecule has 0 aliphatic carbocycles. The lowest BCUT2D eigenvalue weighted by atomic mass is 9.99. The summed E-state index contributed by atoms with van der Waals surface area (Å²) in [6.45, 7) is 5.04. The summed E-state index contributed by atoms with van der Waals surface area (Å²) in [5.74, 6) is 1.45. The molecule has 1 aliphatic rings. The molecule has 1 saturated heterocycles. The third-order valence-electron chi connectivity index (χ3n) is 5.32. The molecule has 4 rings (SSSR count). The molecule has 1 fully saturated rings. The number of benzene rings is 1. The Morgan fingerprint density at radius 3 is 2.66 bits per heavy atom. The molecule has 0 unspecified atom stereocenters. The number of piperidine rings is 1. The zero-order chi connectivity index (χ0) is 20.1. The summed E-state index contributed by atoms with van der Waals surface area (Å²) in [4.78, 5) is 19.2. The maximum Gasteiger partial charge on any atom is 0.257 e. The van der Waals surface area contributed by atoms with Crippen LogP contribution in [-0.2, 0) is 6.54 Å². The van der Waals surface area contributed by atoms with E-state index in [-0.39, 0.29) is 5.91 Å². The summed E-state index contributed by atoms with van der Waals surface area (Å²) < 4.78 is 5.30. The lowest BCUT2D eigenvalue weighted by Crippen LogP contribution is -2.32. The minimum atomic E-state index is -0.182. The number of hydrogen-bond donors (Lipinski definition) is 2. The SMILES string of the molecule is CC1CCN(c2ccc(NC(=O)c3cncc(NCc4ccco4)c3)cc2)CC1. The van der Waals surface area contributed by atoms with Gasteiger partial charge in [-0.05, 0) is 61.2 Å². The van der Waals surface area contributed by atoms with Gasteiger partial charge in [-0.15, -0.1) is 0 Å². The van der Waals surface area contributed by atoms with E-state index >= 15 is 0 Å². The van der Waals surface area contributed by atoms with Crippen LogP contribution < -0.4 is 15.5 Å². The van der Waals surface area contributed by atoms with Crippen molar-refractivity contribution in [1.82, 2.24) is 4.98 Å². The van der Waals surface area contributed by atoms with Crippen molar-refractivity contribution < 1.29 is 9.21 Å². The second-order valence-corrected chi connectivity index (χ2v) is 7.57. The Labute approximate surface area is 170 Å². The highest BCUT2D eigenvalue weighted by molar-refractivity contribution is 6.04. The average molecular weight is 390 g/mol. The average Bonchev–Trinajstić information content (AvgIpc) is 3.27. The first-order valence-corrected chi connectivity index (χ1v) is 10.0. The topological polar surface area (TPSA) is 70.4 Å². The molecule has 3 aromatic rings. The van der Waals surface area contributed by atoms with Crippen molar-refractivity contribution in [2.75, 3.05) is 28.6 Å². The third kappa shape index (κ3) is 4.96. The number of pyridine rings is 1. The number of carbonyl (C=O) groups is 1. The van der Waals surface area contributed by atoms with Crippen molar-refractivity contribution in [2.24, 2.45) is 5.92 Å². The van der Waals surface area contributed by atoms with E-state index in [9.17, 15) is 4.79 Å². The molecule has 0 spiro atoms. The number of amides is 1. The second-order valence-electron chi connectivity index (χ2n) is 7.57. The molecule has 6 nitrogen and oxygen atoms in total. The van der Waals surface area contributed by atoms with Crippen molar-refractivity contribution in [3.63, 3.8) is 0 Å². The first kappa shape index (κ1) is 19.1. The number of rotatable bonds is 6. The Kier molecular flexibility index (Phi) is 5.79. The van der Waals surface area contributed by atoms with E-state index in [1.165, 1.54) is 18.5 Å². The standard InChI is InChI=1S/C23H26N4O2/c1-17-8-10-27(11-9-17)21-6-4-19(5-7-21)26-23(28)18-13-20(15-24-14-18)25-16-22-3-2-12-29-22/h2-7,12-15,17,25H,8-11,16H2,1H3,(H,26,28). The van der Waals surface area contributed by atoms with Crippen LogP contribution in [0.15, 0.2) is 65.5 Å². The number of hydrogen-bond acceptors (Lipinski definition) is 5. The molecule has 0 saturated carbocycles. The number of furan rings is 1. The highest BCUT2D eigenvalue weighted by atomic mass is 16.3. The fourth-order valence-corrected chi connectivity index (χ4v) is 3.49. The van der Waals surface area contributed by atoms with Crippen LogP contribution in [0.5, 0.6) is 0 Å². The highest BCUT2D eigenvalue weighted by Gasteiger charge is 2.16. The monoisotopic (exact) mass is 390 g/mol. The molecular weight excluding hydrogens is 364 g/mol. The molecule has 0 radical (unpaired) electrons. The third-order valence-corrected chi connectivity index (χ3v) is 5.32. The lowest BCUT2D eigenvalue weighted by molar-refractivity contribution is 0.102. The van der Waals surface area contributed by atoms with Crippen LogP contribution in [0, 0.1) is 5.92 Å². The van der Waals surface area contributed by atoms with Crippen LogP contribution >= 0.6 is 0 Å². The van der Waals surface area contributed by atoms with E-state index < -0.39 is 0 Å². The van der Waals surface area contributed by atoms with Gasteiger partial charge in [-0.1, -0.05) is 6.92 Å². The van der Waals surface area contributed by atoms with Gasteiger partial charge in [-0.3, -0.25) is 9.78 Å². The van der Waals surface area contributed by atoms with Crippen LogP contribution in [-0.4, -0.2) is 24.0 Å².